The molecule has 0 fully saturated rings. The van der Waals surface area contributed by atoms with Crippen LogP contribution in [-0.4, -0.2) is 21.4 Å². The standard InChI is InChI=1S/C18H18N4S/c1-13-6-5-7-14(12-13)18(15-8-3-4-11-19-15)20-16-9-10-17(23-2)22-21-16/h3-12,18H,1-2H3,(H,20,21). The molecule has 0 aliphatic rings. The topological polar surface area (TPSA) is 50.7 Å². The van der Waals surface area contributed by atoms with Crippen LogP contribution in [0.3, 0.4) is 0 Å². The fourth-order valence-electron chi connectivity index (χ4n) is 2.38. The highest BCUT2D eigenvalue weighted by atomic mass is 32.2. The van der Waals surface area contributed by atoms with Gasteiger partial charge in [0.05, 0.1) is 11.7 Å². The van der Waals surface area contributed by atoms with E-state index in [0.717, 1.165) is 22.1 Å². The van der Waals surface area contributed by atoms with Crippen molar-refractivity contribution in [2.24, 2.45) is 0 Å². The first kappa shape index (κ1) is 15.5. The lowest BCUT2D eigenvalue weighted by atomic mass is 10.0. The molecule has 4 nitrogen and oxygen atoms in total. The third-order valence-electron chi connectivity index (χ3n) is 3.50. The Balaban J connectivity index is 1.94. The second kappa shape index (κ2) is 7.24. The Morgan fingerprint density at radius 1 is 1.00 bits per heavy atom. The zero-order valence-electron chi connectivity index (χ0n) is 13.1. The van der Waals surface area contributed by atoms with Gasteiger partial charge in [0.15, 0.2) is 0 Å². The molecule has 1 unspecified atom stereocenters. The highest BCUT2D eigenvalue weighted by Gasteiger charge is 2.16. The van der Waals surface area contributed by atoms with Crippen molar-refractivity contribution >= 4 is 17.6 Å². The molecule has 0 spiro atoms. The van der Waals surface area contributed by atoms with Gasteiger partial charge in [-0.2, -0.15) is 0 Å². The zero-order valence-corrected chi connectivity index (χ0v) is 13.9. The third kappa shape index (κ3) is 3.87. The van der Waals surface area contributed by atoms with Crippen LogP contribution in [0.1, 0.15) is 22.9 Å². The summed E-state index contributed by atoms with van der Waals surface area (Å²) in [6.07, 6.45) is 3.79. The first-order chi connectivity index (χ1) is 11.3. The second-order valence-electron chi connectivity index (χ2n) is 5.21. The largest absolute Gasteiger partial charge is 0.356 e. The number of nitrogens with zero attached hydrogens (tertiary/aromatic N) is 3. The van der Waals surface area contributed by atoms with Crippen molar-refractivity contribution in [3.05, 3.63) is 77.6 Å². The lowest BCUT2D eigenvalue weighted by Gasteiger charge is -2.19. The number of hydrogen-bond donors (Lipinski definition) is 1. The number of rotatable bonds is 5. The summed E-state index contributed by atoms with van der Waals surface area (Å²) in [4.78, 5) is 4.50. The lowest BCUT2D eigenvalue weighted by molar-refractivity contribution is 0.849. The molecule has 0 bridgehead atoms. The van der Waals surface area contributed by atoms with Crippen molar-refractivity contribution < 1.29 is 0 Å². The quantitative estimate of drug-likeness (QED) is 0.717. The fraction of sp³-hybridized carbons (Fsp3) is 0.167. The van der Waals surface area contributed by atoms with Gasteiger partial charge >= 0.3 is 0 Å². The van der Waals surface area contributed by atoms with Crippen LogP contribution in [0.4, 0.5) is 5.82 Å². The number of anilines is 1. The van der Waals surface area contributed by atoms with E-state index < -0.39 is 0 Å². The number of nitrogens with one attached hydrogen (secondary N) is 1. The minimum atomic E-state index is -0.0643. The molecule has 0 radical (unpaired) electrons. The number of thioether (sulfide) groups is 1. The summed E-state index contributed by atoms with van der Waals surface area (Å²) in [5.41, 5.74) is 3.32. The van der Waals surface area contributed by atoms with Crippen LogP contribution in [0.2, 0.25) is 0 Å². The van der Waals surface area contributed by atoms with Crippen molar-refractivity contribution in [2.45, 2.75) is 18.0 Å². The van der Waals surface area contributed by atoms with Crippen molar-refractivity contribution in [2.75, 3.05) is 11.6 Å². The first-order valence-electron chi connectivity index (χ1n) is 7.38. The number of aryl methyl sites for hydroxylation is 1. The molecule has 3 rings (SSSR count). The van der Waals surface area contributed by atoms with Gasteiger partial charge in [-0.3, -0.25) is 4.98 Å². The second-order valence-corrected chi connectivity index (χ2v) is 6.03. The Bertz CT molecular complexity index is 759. The van der Waals surface area contributed by atoms with Gasteiger partial charge in [0, 0.05) is 6.20 Å². The third-order valence-corrected chi connectivity index (χ3v) is 4.14. The van der Waals surface area contributed by atoms with Crippen LogP contribution < -0.4 is 5.32 Å². The molecule has 0 saturated carbocycles. The van der Waals surface area contributed by atoms with E-state index in [1.54, 1.807) is 11.8 Å². The van der Waals surface area contributed by atoms with Crippen LogP contribution in [-0.2, 0) is 0 Å². The summed E-state index contributed by atoms with van der Waals surface area (Å²) >= 11 is 1.58. The Labute approximate surface area is 140 Å². The molecule has 3 aromatic rings. The highest BCUT2D eigenvalue weighted by molar-refractivity contribution is 7.98. The molecule has 116 valence electrons. The fourth-order valence-corrected chi connectivity index (χ4v) is 2.70. The summed E-state index contributed by atoms with van der Waals surface area (Å²) in [7, 11) is 0. The molecule has 1 atom stereocenters. The van der Waals surface area contributed by atoms with Crippen LogP contribution in [0, 0.1) is 6.92 Å². The molecule has 0 amide bonds. The van der Waals surface area contributed by atoms with Gasteiger partial charge in [0.1, 0.15) is 10.8 Å². The number of pyridine rings is 1. The Hall–Kier alpha value is -2.40. The van der Waals surface area contributed by atoms with E-state index in [9.17, 15) is 0 Å². The average Bonchev–Trinajstić information content (AvgIpc) is 2.61. The van der Waals surface area contributed by atoms with E-state index in [4.69, 9.17) is 0 Å². The molecule has 5 heteroatoms. The van der Waals surface area contributed by atoms with Gasteiger partial charge in [-0.05, 0) is 43.0 Å². The molecular formula is C18H18N4S. The smallest absolute Gasteiger partial charge is 0.149 e. The van der Waals surface area contributed by atoms with Crippen molar-refractivity contribution in [1.82, 2.24) is 15.2 Å². The normalized spacial score (nSPS) is 11.9. The van der Waals surface area contributed by atoms with Gasteiger partial charge in [-0.25, -0.2) is 0 Å². The van der Waals surface area contributed by atoms with Gasteiger partial charge in [0.25, 0.3) is 0 Å². The molecule has 1 aromatic carbocycles. The maximum Gasteiger partial charge on any atom is 0.149 e. The molecule has 2 aromatic heterocycles. The molecule has 23 heavy (non-hydrogen) atoms. The summed E-state index contributed by atoms with van der Waals surface area (Å²) in [5, 5.41) is 12.8. The van der Waals surface area contributed by atoms with E-state index in [0.29, 0.717) is 0 Å². The Kier molecular flexibility index (Phi) is 4.88. The maximum atomic E-state index is 4.50. The van der Waals surface area contributed by atoms with Crippen molar-refractivity contribution in [1.29, 1.82) is 0 Å². The first-order valence-corrected chi connectivity index (χ1v) is 8.60. The predicted octanol–water partition coefficient (Wildman–Crippen LogP) is 4.10. The number of benzene rings is 1. The van der Waals surface area contributed by atoms with E-state index in [2.05, 4.69) is 51.7 Å². The van der Waals surface area contributed by atoms with Crippen LogP contribution in [0.5, 0.6) is 0 Å². The lowest BCUT2D eigenvalue weighted by Crippen LogP contribution is -2.15. The monoisotopic (exact) mass is 322 g/mol. The summed E-state index contributed by atoms with van der Waals surface area (Å²) in [6.45, 7) is 2.09. The Morgan fingerprint density at radius 3 is 2.57 bits per heavy atom. The van der Waals surface area contributed by atoms with Gasteiger partial charge in [-0.15, -0.1) is 22.0 Å². The minimum Gasteiger partial charge on any atom is -0.356 e. The molecule has 0 aliphatic carbocycles. The van der Waals surface area contributed by atoms with E-state index in [-0.39, 0.29) is 6.04 Å². The van der Waals surface area contributed by atoms with E-state index in [1.165, 1.54) is 5.56 Å². The summed E-state index contributed by atoms with van der Waals surface area (Å²) in [5.74, 6) is 0.736. The van der Waals surface area contributed by atoms with E-state index >= 15 is 0 Å². The van der Waals surface area contributed by atoms with Crippen LogP contribution >= 0.6 is 11.8 Å². The van der Waals surface area contributed by atoms with Gasteiger partial charge in [-0.1, -0.05) is 35.9 Å². The van der Waals surface area contributed by atoms with Gasteiger partial charge in [0.2, 0.25) is 0 Å². The summed E-state index contributed by atoms with van der Waals surface area (Å²) < 4.78 is 0. The number of aromatic nitrogens is 3. The molecule has 2 heterocycles. The molecule has 0 saturated heterocycles. The van der Waals surface area contributed by atoms with Crippen LogP contribution in [0.25, 0.3) is 0 Å². The van der Waals surface area contributed by atoms with Crippen molar-refractivity contribution in [3.63, 3.8) is 0 Å². The van der Waals surface area contributed by atoms with E-state index in [1.807, 2.05) is 42.8 Å². The molecular weight excluding hydrogens is 304 g/mol. The van der Waals surface area contributed by atoms with Crippen molar-refractivity contribution in [3.8, 4) is 0 Å². The predicted molar refractivity (Wildman–Crippen MR) is 94.7 cm³/mol. The number of hydrogen-bond acceptors (Lipinski definition) is 5. The van der Waals surface area contributed by atoms with Crippen LogP contribution in [0.15, 0.2) is 65.8 Å². The SMILES string of the molecule is CSc1ccc(NC(c2cccc(C)c2)c2ccccn2)nn1. The van der Waals surface area contributed by atoms with Gasteiger partial charge < -0.3 is 5.32 Å². The Morgan fingerprint density at radius 2 is 1.91 bits per heavy atom. The minimum absolute atomic E-state index is 0.0643. The highest BCUT2D eigenvalue weighted by Crippen LogP contribution is 2.25. The summed E-state index contributed by atoms with van der Waals surface area (Å²) in [6, 6.07) is 18.2. The maximum absolute atomic E-state index is 4.50. The average molecular weight is 322 g/mol. The molecule has 1 N–H and O–H groups in total. The molecule has 0 aliphatic heterocycles. The zero-order chi connectivity index (χ0) is 16.1.